The number of nitrogens with zero attached hydrogens (tertiary/aromatic N) is 1. The maximum absolute atomic E-state index is 12.3. The van der Waals surface area contributed by atoms with Crippen LogP contribution >= 0.6 is 11.3 Å². The van der Waals surface area contributed by atoms with Crippen LogP contribution in [0.25, 0.3) is 10.2 Å². The lowest BCUT2D eigenvalue weighted by molar-refractivity contribution is 0.102. The van der Waals surface area contributed by atoms with E-state index in [1.54, 1.807) is 12.1 Å². The summed E-state index contributed by atoms with van der Waals surface area (Å²) in [5.41, 5.74) is 2.99. The molecule has 0 saturated carbocycles. The minimum absolute atomic E-state index is 0.202. The predicted molar refractivity (Wildman–Crippen MR) is 117 cm³/mol. The molecule has 2 aromatic carbocycles. The molecule has 0 atom stereocenters. The van der Waals surface area contributed by atoms with Crippen LogP contribution in [-0.2, 0) is 4.74 Å². The Morgan fingerprint density at radius 3 is 2.69 bits per heavy atom. The molecular weight excluding hydrogens is 388 g/mol. The highest BCUT2D eigenvalue weighted by atomic mass is 32.1. The number of amides is 3. The van der Waals surface area contributed by atoms with Crippen molar-refractivity contribution in [3.8, 4) is 0 Å². The Kier molecular flexibility index (Phi) is 7.15. The summed E-state index contributed by atoms with van der Waals surface area (Å²) in [6, 6.07) is 12.5. The molecular formula is C21H24N4O3S. The monoisotopic (exact) mass is 412 g/mol. The van der Waals surface area contributed by atoms with Crippen LogP contribution in [-0.4, -0.2) is 36.7 Å². The van der Waals surface area contributed by atoms with Crippen molar-refractivity contribution < 1.29 is 14.3 Å². The number of hydrogen-bond donors (Lipinski definition) is 3. The van der Waals surface area contributed by atoms with Crippen LogP contribution in [0.2, 0.25) is 0 Å². The van der Waals surface area contributed by atoms with Gasteiger partial charge >= 0.3 is 6.03 Å². The largest absolute Gasteiger partial charge is 0.382 e. The molecule has 0 fully saturated rings. The third kappa shape index (κ3) is 5.75. The van der Waals surface area contributed by atoms with Gasteiger partial charge in [-0.05, 0) is 50.1 Å². The summed E-state index contributed by atoms with van der Waals surface area (Å²) < 4.78 is 6.14. The molecule has 7 nitrogen and oxygen atoms in total. The van der Waals surface area contributed by atoms with E-state index in [9.17, 15) is 9.59 Å². The van der Waals surface area contributed by atoms with E-state index in [4.69, 9.17) is 4.74 Å². The van der Waals surface area contributed by atoms with E-state index in [1.807, 2.05) is 44.2 Å². The smallest absolute Gasteiger partial charge is 0.319 e. The first-order valence-corrected chi connectivity index (χ1v) is 10.3. The van der Waals surface area contributed by atoms with Gasteiger partial charge in [0.2, 0.25) is 0 Å². The van der Waals surface area contributed by atoms with Crippen molar-refractivity contribution in [2.45, 2.75) is 20.3 Å². The van der Waals surface area contributed by atoms with E-state index in [1.165, 1.54) is 11.3 Å². The van der Waals surface area contributed by atoms with E-state index >= 15 is 0 Å². The van der Waals surface area contributed by atoms with Crippen molar-refractivity contribution in [2.75, 3.05) is 30.4 Å². The number of thiazole rings is 1. The first-order chi connectivity index (χ1) is 14.1. The normalized spacial score (nSPS) is 10.7. The summed E-state index contributed by atoms with van der Waals surface area (Å²) in [4.78, 5) is 28.9. The zero-order valence-corrected chi connectivity index (χ0v) is 17.3. The fourth-order valence-corrected chi connectivity index (χ4v) is 3.76. The number of anilines is 2. The molecule has 29 heavy (non-hydrogen) atoms. The highest BCUT2D eigenvalue weighted by Crippen LogP contribution is 2.31. The third-order valence-corrected chi connectivity index (χ3v) is 5.07. The minimum Gasteiger partial charge on any atom is -0.382 e. The second kappa shape index (κ2) is 9.99. The Bertz CT molecular complexity index is 988. The number of carbonyl (C=O) groups excluding carboxylic acids is 2. The predicted octanol–water partition coefficient (Wildman–Crippen LogP) is 4.41. The number of rotatable bonds is 8. The number of nitrogens with one attached hydrogen (secondary N) is 3. The zero-order valence-electron chi connectivity index (χ0n) is 16.5. The molecule has 0 bridgehead atoms. The Balaban J connectivity index is 1.64. The lowest BCUT2D eigenvalue weighted by Crippen LogP contribution is -2.30. The second-order valence-electron chi connectivity index (χ2n) is 6.41. The number of hydrogen-bond acceptors (Lipinski definition) is 5. The molecule has 0 spiro atoms. The van der Waals surface area contributed by atoms with Crippen molar-refractivity contribution in [2.24, 2.45) is 0 Å². The summed E-state index contributed by atoms with van der Waals surface area (Å²) in [6.45, 7) is 5.71. The van der Waals surface area contributed by atoms with Gasteiger partial charge in [0.25, 0.3) is 5.91 Å². The van der Waals surface area contributed by atoms with Gasteiger partial charge in [-0.25, -0.2) is 9.78 Å². The van der Waals surface area contributed by atoms with Gasteiger partial charge in [-0.3, -0.25) is 10.1 Å². The Hall–Kier alpha value is -2.97. The van der Waals surface area contributed by atoms with Crippen molar-refractivity contribution in [3.63, 3.8) is 0 Å². The summed E-state index contributed by atoms with van der Waals surface area (Å²) in [6.07, 6.45) is 0.763. The molecule has 3 rings (SSSR count). The average molecular weight is 413 g/mol. The molecule has 3 aromatic rings. The number of ether oxygens (including phenoxy) is 1. The molecule has 0 unspecified atom stereocenters. The van der Waals surface area contributed by atoms with E-state index in [-0.39, 0.29) is 11.9 Å². The summed E-state index contributed by atoms with van der Waals surface area (Å²) in [5.74, 6) is -0.202. The van der Waals surface area contributed by atoms with Crippen LogP contribution in [0.5, 0.6) is 0 Å². The standard InChI is InChI=1S/C21H24N4O3S/c1-3-28-11-7-10-22-20(27)23-16-12-14(2)18-17(13-16)29-21(24-18)25-19(26)15-8-5-4-6-9-15/h4-6,8-9,12-13H,3,7,10-11H2,1-2H3,(H2,22,23,27)(H,24,25,26). The number of aryl methyl sites for hydroxylation is 1. The van der Waals surface area contributed by atoms with E-state index in [0.29, 0.717) is 36.1 Å². The SMILES string of the molecule is CCOCCCNC(=O)Nc1cc(C)c2nc(NC(=O)c3ccccc3)sc2c1. The average Bonchev–Trinajstić information content (AvgIpc) is 3.11. The highest BCUT2D eigenvalue weighted by molar-refractivity contribution is 7.22. The van der Waals surface area contributed by atoms with Gasteiger partial charge in [-0.2, -0.15) is 0 Å². The quantitative estimate of drug-likeness (QED) is 0.478. The second-order valence-corrected chi connectivity index (χ2v) is 7.44. The highest BCUT2D eigenvalue weighted by Gasteiger charge is 2.12. The van der Waals surface area contributed by atoms with Crippen LogP contribution in [0, 0.1) is 6.92 Å². The molecule has 0 aliphatic heterocycles. The first kappa shape index (κ1) is 20.8. The maximum atomic E-state index is 12.3. The lowest BCUT2D eigenvalue weighted by Gasteiger charge is -2.08. The molecule has 0 aliphatic rings. The minimum atomic E-state index is -0.262. The third-order valence-electron chi connectivity index (χ3n) is 4.15. The fraction of sp³-hybridized carbons (Fsp3) is 0.286. The van der Waals surface area contributed by atoms with Crippen LogP contribution < -0.4 is 16.0 Å². The molecule has 3 N–H and O–H groups in total. The molecule has 0 radical (unpaired) electrons. The molecule has 1 heterocycles. The first-order valence-electron chi connectivity index (χ1n) is 9.47. The molecule has 152 valence electrons. The van der Waals surface area contributed by atoms with Gasteiger partial charge in [-0.15, -0.1) is 0 Å². The van der Waals surface area contributed by atoms with Crippen molar-refractivity contribution in [3.05, 3.63) is 53.6 Å². The summed E-state index contributed by atoms with van der Waals surface area (Å²) in [5, 5.41) is 9.01. The Morgan fingerprint density at radius 2 is 1.93 bits per heavy atom. The van der Waals surface area contributed by atoms with E-state index in [2.05, 4.69) is 20.9 Å². The van der Waals surface area contributed by atoms with Crippen molar-refractivity contribution in [1.82, 2.24) is 10.3 Å². The van der Waals surface area contributed by atoms with Gasteiger partial charge in [0.1, 0.15) is 0 Å². The van der Waals surface area contributed by atoms with Crippen molar-refractivity contribution >= 4 is 44.3 Å². The van der Waals surface area contributed by atoms with Crippen LogP contribution in [0.1, 0.15) is 29.3 Å². The topological polar surface area (TPSA) is 92.3 Å². The molecule has 0 aliphatic carbocycles. The molecule has 0 saturated heterocycles. The summed E-state index contributed by atoms with van der Waals surface area (Å²) >= 11 is 1.37. The maximum Gasteiger partial charge on any atom is 0.319 e. The van der Waals surface area contributed by atoms with Gasteiger partial charge in [0, 0.05) is 31.0 Å². The number of carbonyl (C=O) groups is 2. The zero-order chi connectivity index (χ0) is 20.6. The van der Waals surface area contributed by atoms with E-state index in [0.717, 1.165) is 22.2 Å². The van der Waals surface area contributed by atoms with E-state index < -0.39 is 0 Å². The summed E-state index contributed by atoms with van der Waals surface area (Å²) in [7, 11) is 0. The lowest BCUT2D eigenvalue weighted by atomic mass is 10.2. The van der Waals surface area contributed by atoms with Crippen LogP contribution in [0.3, 0.4) is 0 Å². The molecule has 1 aromatic heterocycles. The van der Waals surface area contributed by atoms with Gasteiger partial charge in [0.05, 0.1) is 10.2 Å². The molecule has 3 amide bonds. The number of urea groups is 1. The van der Waals surface area contributed by atoms with Gasteiger partial charge in [-0.1, -0.05) is 29.5 Å². The van der Waals surface area contributed by atoms with Gasteiger partial charge < -0.3 is 15.4 Å². The Labute approximate surface area is 173 Å². The fourth-order valence-electron chi connectivity index (χ4n) is 2.78. The van der Waals surface area contributed by atoms with Crippen LogP contribution in [0.4, 0.5) is 15.6 Å². The van der Waals surface area contributed by atoms with Crippen molar-refractivity contribution in [1.29, 1.82) is 0 Å². The molecule has 8 heteroatoms. The number of aromatic nitrogens is 1. The van der Waals surface area contributed by atoms with Gasteiger partial charge in [0.15, 0.2) is 5.13 Å². The Morgan fingerprint density at radius 1 is 1.14 bits per heavy atom. The number of fused-ring (bicyclic) bond motifs is 1. The number of benzene rings is 2. The van der Waals surface area contributed by atoms with Crippen LogP contribution in [0.15, 0.2) is 42.5 Å².